The van der Waals surface area contributed by atoms with E-state index >= 15 is 0 Å². The average molecular weight is 270 g/mol. The predicted molar refractivity (Wildman–Crippen MR) is 58.9 cm³/mol. The number of aromatic nitrogens is 3. The van der Waals surface area contributed by atoms with Crippen LogP contribution in [0.1, 0.15) is 12.7 Å². The molecule has 0 radical (unpaired) electrons. The molecule has 1 heterocycles. The summed E-state index contributed by atoms with van der Waals surface area (Å²) in [6.45, 7) is 1.98. The molecule has 2 aromatic rings. The van der Waals surface area contributed by atoms with E-state index in [2.05, 4.69) is 31.1 Å². The first kappa shape index (κ1) is 10.3. The molecule has 0 spiro atoms. The molecule has 78 valence electrons. The molecular weight excluding hydrogens is 261 g/mol. The Labute approximate surface area is 94.9 Å². The quantitative estimate of drug-likeness (QED) is 0.911. The van der Waals surface area contributed by atoms with Gasteiger partial charge in [0.2, 0.25) is 0 Å². The Morgan fingerprint density at radius 1 is 1.47 bits per heavy atom. The lowest BCUT2D eigenvalue weighted by atomic mass is 10.2. The van der Waals surface area contributed by atoms with Crippen LogP contribution in [0.15, 0.2) is 22.7 Å². The van der Waals surface area contributed by atoms with Gasteiger partial charge < -0.3 is 0 Å². The van der Waals surface area contributed by atoms with Gasteiger partial charge in [0, 0.05) is 12.0 Å². The van der Waals surface area contributed by atoms with Gasteiger partial charge in [0.25, 0.3) is 0 Å². The highest BCUT2D eigenvalue weighted by molar-refractivity contribution is 9.10. The lowest BCUT2D eigenvalue weighted by Crippen LogP contribution is -1.86. The number of aromatic amines is 1. The van der Waals surface area contributed by atoms with Crippen molar-refractivity contribution >= 4 is 15.9 Å². The first-order chi connectivity index (χ1) is 7.22. The van der Waals surface area contributed by atoms with Gasteiger partial charge in [0.15, 0.2) is 5.82 Å². The molecule has 15 heavy (non-hydrogen) atoms. The van der Waals surface area contributed by atoms with Crippen LogP contribution in [0, 0.1) is 5.82 Å². The van der Waals surface area contributed by atoms with Crippen LogP contribution in [-0.2, 0) is 6.42 Å². The van der Waals surface area contributed by atoms with Crippen molar-refractivity contribution < 1.29 is 4.39 Å². The van der Waals surface area contributed by atoms with Crippen molar-refractivity contribution in [2.75, 3.05) is 0 Å². The van der Waals surface area contributed by atoms with Crippen molar-refractivity contribution in [1.82, 2.24) is 15.2 Å². The van der Waals surface area contributed by atoms with Crippen LogP contribution in [0.25, 0.3) is 11.4 Å². The second-order valence-corrected chi connectivity index (χ2v) is 3.85. The molecule has 0 unspecified atom stereocenters. The number of H-pyrrole nitrogens is 1. The van der Waals surface area contributed by atoms with E-state index in [-0.39, 0.29) is 5.82 Å². The van der Waals surface area contributed by atoms with Crippen molar-refractivity contribution in [2.45, 2.75) is 13.3 Å². The first-order valence-corrected chi connectivity index (χ1v) is 5.37. The SMILES string of the molecule is CCc1nc(-c2cccc(F)c2Br)n[nH]1. The normalized spacial score (nSPS) is 10.6. The molecule has 2 rings (SSSR count). The fourth-order valence-corrected chi connectivity index (χ4v) is 1.69. The number of nitrogens with zero attached hydrogens (tertiary/aromatic N) is 2. The summed E-state index contributed by atoms with van der Waals surface area (Å²) in [6, 6.07) is 4.80. The zero-order chi connectivity index (χ0) is 10.8. The molecule has 0 fully saturated rings. The Kier molecular flexibility index (Phi) is 2.81. The third kappa shape index (κ3) is 1.92. The molecule has 0 aliphatic rings. The second-order valence-electron chi connectivity index (χ2n) is 3.06. The smallest absolute Gasteiger partial charge is 0.182 e. The maximum absolute atomic E-state index is 13.2. The maximum atomic E-state index is 13.2. The second kappa shape index (κ2) is 4.10. The van der Waals surface area contributed by atoms with E-state index < -0.39 is 0 Å². The van der Waals surface area contributed by atoms with Crippen LogP contribution >= 0.6 is 15.9 Å². The van der Waals surface area contributed by atoms with Gasteiger partial charge in [-0.25, -0.2) is 9.37 Å². The van der Waals surface area contributed by atoms with Crippen LogP contribution in [-0.4, -0.2) is 15.2 Å². The monoisotopic (exact) mass is 269 g/mol. The van der Waals surface area contributed by atoms with E-state index in [0.29, 0.717) is 15.9 Å². The van der Waals surface area contributed by atoms with Gasteiger partial charge in [-0.1, -0.05) is 13.0 Å². The fourth-order valence-electron chi connectivity index (χ4n) is 1.25. The first-order valence-electron chi connectivity index (χ1n) is 4.58. The lowest BCUT2D eigenvalue weighted by Gasteiger charge is -1.99. The summed E-state index contributed by atoms with van der Waals surface area (Å²) in [6.07, 6.45) is 0.778. The van der Waals surface area contributed by atoms with Crippen LogP contribution in [0.4, 0.5) is 4.39 Å². The molecule has 5 heteroatoms. The Balaban J connectivity index is 2.49. The average Bonchev–Trinajstić information content (AvgIpc) is 2.70. The summed E-state index contributed by atoms with van der Waals surface area (Å²) in [4.78, 5) is 4.24. The molecule has 0 saturated heterocycles. The van der Waals surface area contributed by atoms with Crippen molar-refractivity contribution in [1.29, 1.82) is 0 Å². The molecule has 1 aromatic carbocycles. The third-order valence-corrected chi connectivity index (χ3v) is 2.87. The summed E-state index contributed by atoms with van der Waals surface area (Å²) in [5.74, 6) is 0.995. The Bertz CT molecular complexity index is 481. The number of nitrogens with one attached hydrogen (secondary N) is 1. The van der Waals surface area contributed by atoms with E-state index in [4.69, 9.17) is 0 Å². The predicted octanol–water partition coefficient (Wildman–Crippen LogP) is 2.94. The van der Waals surface area contributed by atoms with Crippen LogP contribution in [0.2, 0.25) is 0 Å². The van der Waals surface area contributed by atoms with E-state index in [1.165, 1.54) is 6.07 Å². The molecule has 0 aliphatic heterocycles. The van der Waals surface area contributed by atoms with Crippen LogP contribution < -0.4 is 0 Å². The van der Waals surface area contributed by atoms with Gasteiger partial charge in [0.1, 0.15) is 11.6 Å². The zero-order valence-corrected chi connectivity index (χ0v) is 9.68. The highest BCUT2D eigenvalue weighted by Crippen LogP contribution is 2.27. The highest BCUT2D eigenvalue weighted by Gasteiger charge is 2.11. The number of rotatable bonds is 2. The van der Waals surface area contributed by atoms with Gasteiger partial charge in [-0.3, -0.25) is 5.10 Å². The van der Waals surface area contributed by atoms with Gasteiger partial charge in [-0.2, -0.15) is 5.10 Å². The Morgan fingerprint density at radius 2 is 2.27 bits per heavy atom. The standard InChI is InChI=1S/C10H9BrFN3/c1-2-8-13-10(15-14-8)6-4-3-5-7(12)9(6)11/h3-5H,2H2,1H3,(H,13,14,15). The molecule has 3 nitrogen and oxygen atoms in total. The minimum absolute atomic E-state index is 0.310. The highest BCUT2D eigenvalue weighted by atomic mass is 79.9. The molecule has 0 atom stereocenters. The van der Waals surface area contributed by atoms with Gasteiger partial charge in [-0.15, -0.1) is 0 Å². The fraction of sp³-hybridized carbons (Fsp3) is 0.200. The molecule has 0 saturated carbocycles. The molecule has 1 N–H and O–H groups in total. The van der Waals surface area contributed by atoms with Gasteiger partial charge >= 0.3 is 0 Å². The van der Waals surface area contributed by atoms with E-state index in [1.54, 1.807) is 12.1 Å². The molecule has 1 aromatic heterocycles. The third-order valence-electron chi connectivity index (χ3n) is 2.06. The molecular formula is C10H9BrFN3. The number of aryl methyl sites for hydroxylation is 1. The Hall–Kier alpha value is -1.23. The van der Waals surface area contributed by atoms with Crippen molar-refractivity contribution in [3.8, 4) is 11.4 Å². The Morgan fingerprint density at radius 3 is 2.93 bits per heavy atom. The maximum Gasteiger partial charge on any atom is 0.182 e. The largest absolute Gasteiger partial charge is 0.263 e. The molecule has 0 aliphatic carbocycles. The number of halogens is 2. The lowest BCUT2D eigenvalue weighted by molar-refractivity contribution is 0.621. The minimum atomic E-state index is -0.310. The van der Waals surface area contributed by atoms with Crippen molar-refractivity contribution in [3.05, 3.63) is 34.3 Å². The number of hydrogen-bond acceptors (Lipinski definition) is 2. The number of benzene rings is 1. The summed E-state index contributed by atoms with van der Waals surface area (Å²) < 4.78 is 13.6. The van der Waals surface area contributed by atoms with Crippen molar-refractivity contribution in [2.24, 2.45) is 0 Å². The summed E-state index contributed by atoms with van der Waals surface area (Å²) >= 11 is 3.18. The molecule has 0 bridgehead atoms. The number of hydrogen-bond donors (Lipinski definition) is 1. The van der Waals surface area contributed by atoms with Gasteiger partial charge in [0.05, 0.1) is 4.47 Å². The minimum Gasteiger partial charge on any atom is -0.263 e. The van der Waals surface area contributed by atoms with E-state index in [1.807, 2.05) is 6.92 Å². The van der Waals surface area contributed by atoms with Crippen LogP contribution in [0.3, 0.4) is 0 Å². The molecule has 0 amide bonds. The topological polar surface area (TPSA) is 41.6 Å². The van der Waals surface area contributed by atoms with Crippen LogP contribution in [0.5, 0.6) is 0 Å². The van der Waals surface area contributed by atoms with Crippen molar-refractivity contribution in [3.63, 3.8) is 0 Å². The van der Waals surface area contributed by atoms with E-state index in [9.17, 15) is 4.39 Å². The summed E-state index contributed by atoms with van der Waals surface area (Å²) in [7, 11) is 0. The summed E-state index contributed by atoms with van der Waals surface area (Å²) in [5.41, 5.74) is 0.658. The van der Waals surface area contributed by atoms with E-state index in [0.717, 1.165) is 12.2 Å². The zero-order valence-electron chi connectivity index (χ0n) is 8.09. The summed E-state index contributed by atoms with van der Waals surface area (Å²) in [5, 5.41) is 6.82. The van der Waals surface area contributed by atoms with Gasteiger partial charge in [-0.05, 0) is 28.1 Å².